The molecule has 0 fully saturated rings. The van der Waals surface area contributed by atoms with Gasteiger partial charge in [-0.3, -0.25) is 4.79 Å². The Balaban J connectivity index is 2.72. The first-order valence-corrected chi connectivity index (χ1v) is 5.40. The standard InChI is InChI=1S/C11H13BrO2/c1-2-9(11(13)14)6-8-4-3-5-10(12)7-8/h3-5,7,9H,2,6H2,1H3,(H,13,14)/t9-/m0/s1. The van der Waals surface area contributed by atoms with E-state index in [1.807, 2.05) is 31.2 Å². The maximum atomic E-state index is 10.8. The van der Waals surface area contributed by atoms with Crippen LogP contribution in [0.15, 0.2) is 28.7 Å². The molecule has 0 amide bonds. The van der Waals surface area contributed by atoms with Crippen molar-refractivity contribution < 1.29 is 9.90 Å². The lowest BCUT2D eigenvalue weighted by molar-refractivity contribution is -0.141. The molecule has 0 saturated heterocycles. The predicted octanol–water partition coefficient (Wildman–Crippen LogP) is 3.10. The zero-order chi connectivity index (χ0) is 10.6. The minimum Gasteiger partial charge on any atom is -0.481 e. The van der Waals surface area contributed by atoms with Crippen molar-refractivity contribution in [3.8, 4) is 0 Å². The average Bonchev–Trinajstić information content (AvgIpc) is 2.14. The maximum absolute atomic E-state index is 10.8. The zero-order valence-corrected chi connectivity index (χ0v) is 9.62. The van der Waals surface area contributed by atoms with Crippen LogP contribution in [0.3, 0.4) is 0 Å². The van der Waals surface area contributed by atoms with E-state index in [0.717, 1.165) is 10.0 Å². The van der Waals surface area contributed by atoms with Crippen molar-refractivity contribution in [3.05, 3.63) is 34.3 Å². The van der Waals surface area contributed by atoms with Gasteiger partial charge in [0.25, 0.3) is 0 Å². The topological polar surface area (TPSA) is 37.3 Å². The smallest absolute Gasteiger partial charge is 0.306 e. The van der Waals surface area contributed by atoms with Gasteiger partial charge in [-0.2, -0.15) is 0 Å². The average molecular weight is 257 g/mol. The summed E-state index contributed by atoms with van der Waals surface area (Å²) in [5.74, 6) is -0.989. The highest BCUT2D eigenvalue weighted by Gasteiger charge is 2.15. The lowest BCUT2D eigenvalue weighted by Gasteiger charge is -2.09. The van der Waals surface area contributed by atoms with E-state index in [9.17, 15) is 4.79 Å². The highest BCUT2D eigenvalue weighted by molar-refractivity contribution is 9.10. The minimum absolute atomic E-state index is 0.274. The molecule has 0 heterocycles. The summed E-state index contributed by atoms with van der Waals surface area (Å²) >= 11 is 3.36. The lowest BCUT2D eigenvalue weighted by Crippen LogP contribution is -2.15. The molecule has 1 atom stereocenters. The molecule has 0 saturated carbocycles. The third-order valence-electron chi connectivity index (χ3n) is 2.21. The van der Waals surface area contributed by atoms with Crippen LogP contribution in [0.4, 0.5) is 0 Å². The van der Waals surface area contributed by atoms with Gasteiger partial charge < -0.3 is 5.11 Å². The van der Waals surface area contributed by atoms with E-state index < -0.39 is 5.97 Å². The summed E-state index contributed by atoms with van der Waals surface area (Å²) < 4.78 is 0.996. The maximum Gasteiger partial charge on any atom is 0.306 e. The molecule has 0 aliphatic heterocycles. The van der Waals surface area contributed by atoms with Crippen molar-refractivity contribution in [2.24, 2.45) is 5.92 Å². The Labute approximate surface area is 92.1 Å². The Hall–Kier alpha value is -0.830. The molecular weight excluding hydrogens is 244 g/mol. The molecule has 14 heavy (non-hydrogen) atoms. The highest BCUT2D eigenvalue weighted by Crippen LogP contribution is 2.16. The van der Waals surface area contributed by atoms with Gasteiger partial charge in [0.15, 0.2) is 0 Å². The van der Waals surface area contributed by atoms with E-state index in [4.69, 9.17) is 5.11 Å². The fraction of sp³-hybridized carbons (Fsp3) is 0.364. The fourth-order valence-corrected chi connectivity index (χ4v) is 1.80. The molecule has 1 aromatic rings. The van der Waals surface area contributed by atoms with Crippen LogP contribution >= 0.6 is 15.9 Å². The van der Waals surface area contributed by atoms with Gasteiger partial charge in [0.1, 0.15) is 0 Å². The molecule has 0 aromatic heterocycles. The second-order valence-electron chi connectivity index (χ2n) is 3.28. The van der Waals surface area contributed by atoms with Crippen LogP contribution in [-0.2, 0) is 11.2 Å². The van der Waals surface area contributed by atoms with Crippen LogP contribution in [0.5, 0.6) is 0 Å². The lowest BCUT2D eigenvalue weighted by atomic mass is 9.97. The van der Waals surface area contributed by atoms with Gasteiger partial charge in [0.05, 0.1) is 5.92 Å². The Morgan fingerprint density at radius 3 is 2.79 bits per heavy atom. The fourth-order valence-electron chi connectivity index (χ4n) is 1.35. The third kappa shape index (κ3) is 3.14. The minimum atomic E-state index is -0.715. The zero-order valence-electron chi connectivity index (χ0n) is 8.03. The Morgan fingerprint density at radius 2 is 2.29 bits per heavy atom. The summed E-state index contributed by atoms with van der Waals surface area (Å²) in [4.78, 5) is 10.8. The number of carboxylic acid groups (broad SMARTS) is 1. The van der Waals surface area contributed by atoms with E-state index in [-0.39, 0.29) is 5.92 Å². The number of halogens is 1. The third-order valence-corrected chi connectivity index (χ3v) is 2.71. The first-order chi connectivity index (χ1) is 6.63. The van der Waals surface area contributed by atoms with E-state index >= 15 is 0 Å². The van der Waals surface area contributed by atoms with E-state index in [1.54, 1.807) is 0 Å². The summed E-state index contributed by atoms with van der Waals surface area (Å²) in [6.07, 6.45) is 1.27. The Bertz CT molecular complexity index is 323. The number of carbonyl (C=O) groups is 1. The molecule has 3 heteroatoms. The van der Waals surface area contributed by atoms with Gasteiger partial charge in [-0.25, -0.2) is 0 Å². The van der Waals surface area contributed by atoms with Crippen LogP contribution in [0.2, 0.25) is 0 Å². The van der Waals surface area contributed by atoms with E-state index in [2.05, 4.69) is 15.9 Å². The molecule has 2 nitrogen and oxygen atoms in total. The predicted molar refractivity (Wildman–Crippen MR) is 59.3 cm³/mol. The number of hydrogen-bond donors (Lipinski definition) is 1. The molecule has 0 spiro atoms. The van der Waals surface area contributed by atoms with Gasteiger partial charge >= 0.3 is 5.97 Å². The molecule has 0 aliphatic carbocycles. The summed E-state index contributed by atoms with van der Waals surface area (Å²) in [6, 6.07) is 7.78. The molecule has 1 N–H and O–H groups in total. The van der Waals surface area contributed by atoms with Crippen LogP contribution < -0.4 is 0 Å². The summed E-state index contributed by atoms with van der Waals surface area (Å²) in [5, 5.41) is 8.89. The van der Waals surface area contributed by atoms with E-state index in [1.165, 1.54) is 0 Å². The van der Waals surface area contributed by atoms with Crippen molar-refractivity contribution in [2.45, 2.75) is 19.8 Å². The molecule has 76 valence electrons. The summed E-state index contributed by atoms with van der Waals surface area (Å²) in [7, 11) is 0. The summed E-state index contributed by atoms with van der Waals surface area (Å²) in [5.41, 5.74) is 1.06. The van der Waals surface area contributed by atoms with Crippen LogP contribution in [0, 0.1) is 5.92 Å². The first kappa shape index (κ1) is 11.2. The monoisotopic (exact) mass is 256 g/mol. The number of rotatable bonds is 4. The summed E-state index contributed by atoms with van der Waals surface area (Å²) in [6.45, 7) is 1.90. The van der Waals surface area contributed by atoms with Crippen LogP contribution in [0.1, 0.15) is 18.9 Å². The van der Waals surface area contributed by atoms with Crippen LogP contribution in [0.25, 0.3) is 0 Å². The molecule has 1 aromatic carbocycles. The van der Waals surface area contributed by atoms with Crippen LogP contribution in [-0.4, -0.2) is 11.1 Å². The molecule has 0 aliphatic rings. The number of carboxylic acids is 1. The second-order valence-corrected chi connectivity index (χ2v) is 4.19. The van der Waals surface area contributed by atoms with Gasteiger partial charge in [-0.1, -0.05) is 35.0 Å². The SMILES string of the molecule is CC[C@@H](Cc1cccc(Br)c1)C(=O)O. The Kier molecular flexibility index (Phi) is 4.14. The van der Waals surface area contributed by atoms with Gasteiger partial charge in [0.2, 0.25) is 0 Å². The molecule has 0 unspecified atom stereocenters. The second kappa shape index (κ2) is 5.15. The Morgan fingerprint density at radius 1 is 1.57 bits per heavy atom. The largest absolute Gasteiger partial charge is 0.481 e. The number of hydrogen-bond acceptors (Lipinski definition) is 1. The van der Waals surface area contributed by atoms with Crippen molar-refractivity contribution >= 4 is 21.9 Å². The van der Waals surface area contributed by atoms with Gasteiger partial charge in [-0.15, -0.1) is 0 Å². The molecule has 0 bridgehead atoms. The number of benzene rings is 1. The molecule has 1 rings (SSSR count). The highest BCUT2D eigenvalue weighted by atomic mass is 79.9. The van der Waals surface area contributed by atoms with Gasteiger partial charge in [-0.05, 0) is 30.5 Å². The normalized spacial score (nSPS) is 12.4. The van der Waals surface area contributed by atoms with Crippen molar-refractivity contribution in [2.75, 3.05) is 0 Å². The number of aliphatic carboxylic acids is 1. The van der Waals surface area contributed by atoms with Crippen molar-refractivity contribution in [3.63, 3.8) is 0 Å². The first-order valence-electron chi connectivity index (χ1n) is 4.60. The van der Waals surface area contributed by atoms with Gasteiger partial charge in [0, 0.05) is 4.47 Å². The van der Waals surface area contributed by atoms with E-state index in [0.29, 0.717) is 12.8 Å². The van der Waals surface area contributed by atoms with Crippen molar-refractivity contribution in [1.29, 1.82) is 0 Å². The molecular formula is C11H13BrO2. The molecule has 0 radical (unpaired) electrons. The quantitative estimate of drug-likeness (QED) is 0.899. The van der Waals surface area contributed by atoms with Crippen molar-refractivity contribution in [1.82, 2.24) is 0 Å².